The zero-order valence-electron chi connectivity index (χ0n) is 22.8. The number of carbonyl (C=O) groups is 2. The van der Waals surface area contributed by atoms with Crippen molar-refractivity contribution in [1.82, 2.24) is 19.9 Å². The lowest BCUT2D eigenvalue weighted by Crippen LogP contribution is -2.42. The van der Waals surface area contributed by atoms with Crippen LogP contribution in [0.3, 0.4) is 0 Å². The molecule has 0 saturated heterocycles. The van der Waals surface area contributed by atoms with Crippen molar-refractivity contribution in [1.29, 1.82) is 0 Å². The molecule has 0 spiro atoms. The molecule has 0 aliphatic carbocycles. The number of methoxy groups -OCH3 is 2. The Morgan fingerprint density at radius 1 is 0.976 bits per heavy atom. The van der Waals surface area contributed by atoms with E-state index in [2.05, 4.69) is 15.6 Å². The molecule has 214 valence electrons. The van der Waals surface area contributed by atoms with Crippen LogP contribution in [0.1, 0.15) is 17.2 Å². The van der Waals surface area contributed by atoms with Crippen molar-refractivity contribution in [3.8, 4) is 11.5 Å². The number of nitrogens with zero attached hydrogens (tertiary/aromatic N) is 4. The van der Waals surface area contributed by atoms with Crippen LogP contribution in [-0.4, -0.2) is 45.9 Å². The Morgan fingerprint density at radius 3 is 2.43 bits per heavy atom. The average Bonchev–Trinajstić information content (AvgIpc) is 3.41. The SMILES string of the molecule is COc1ccc(NC(=O)C(c2ccc(F)cc2)N(Cc2ccc(Cl)cc2)C(=O)Cn2nnc3ccccc32)c(OC)c1. The Labute approximate surface area is 246 Å². The lowest BCUT2D eigenvalue weighted by Gasteiger charge is -2.32. The number of halogens is 2. The van der Waals surface area contributed by atoms with E-state index in [0.717, 1.165) is 5.56 Å². The predicted octanol–water partition coefficient (Wildman–Crippen LogP) is 5.65. The highest BCUT2D eigenvalue weighted by Crippen LogP contribution is 2.32. The van der Waals surface area contributed by atoms with E-state index in [1.54, 1.807) is 48.5 Å². The molecule has 0 saturated carbocycles. The number of hydrogen-bond donors (Lipinski definition) is 1. The molecule has 1 heterocycles. The van der Waals surface area contributed by atoms with Gasteiger partial charge >= 0.3 is 0 Å². The van der Waals surface area contributed by atoms with Crippen molar-refractivity contribution in [2.45, 2.75) is 19.1 Å². The molecule has 0 aliphatic rings. The van der Waals surface area contributed by atoms with Crippen molar-refractivity contribution in [2.24, 2.45) is 0 Å². The topological polar surface area (TPSA) is 98.6 Å². The predicted molar refractivity (Wildman–Crippen MR) is 157 cm³/mol. The first kappa shape index (κ1) is 28.6. The normalized spacial score (nSPS) is 11.6. The van der Waals surface area contributed by atoms with E-state index in [1.165, 1.54) is 48.1 Å². The van der Waals surface area contributed by atoms with Crippen LogP contribution in [-0.2, 0) is 22.7 Å². The van der Waals surface area contributed by atoms with E-state index in [9.17, 15) is 14.0 Å². The number of aromatic nitrogens is 3. The van der Waals surface area contributed by atoms with Gasteiger partial charge in [0.25, 0.3) is 5.91 Å². The molecule has 11 heteroatoms. The van der Waals surface area contributed by atoms with Crippen molar-refractivity contribution in [2.75, 3.05) is 19.5 Å². The van der Waals surface area contributed by atoms with E-state index in [1.807, 2.05) is 18.2 Å². The second-order valence-electron chi connectivity index (χ2n) is 9.39. The fourth-order valence-electron chi connectivity index (χ4n) is 4.58. The molecular formula is C31H27ClFN5O4. The highest BCUT2D eigenvalue weighted by atomic mass is 35.5. The molecule has 5 aromatic rings. The second kappa shape index (κ2) is 12.7. The van der Waals surface area contributed by atoms with Gasteiger partial charge in [-0.25, -0.2) is 9.07 Å². The number of ether oxygens (including phenoxy) is 2. The summed E-state index contributed by atoms with van der Waals surface area (Å²) in [6.07, 6.45) is 0. The minimum absolute atomic E-state index is 0.0534. The van der Waals surface area contributed by atoms with Crippen LogP contribution in [0.15, 0.2) is 91.0 Å². The summed E-state index contributed by atoms with van der Waals surface area (Å²) < 4.78 is 26.2. The minimum atomic E-state index is -1.16. The van der Waals surface area contributed by atoms with Crippen molar-refractivity contribution >= 4 is 40.1 Å². The molecule has 5 rings (SSSR count). The molecule has 1 N–H and O–H groups in total. The first-order chi connectivity index (χ1) is 20.4. The highest BCUT2D eigenvalue weighted by molar-refractivity contribution is 6.30. The van der Waals surface area contributed by atoms with E-state index in [0.29, 0.717) is 38.8 Å². The van der Waals surface area contributed by atoms with E-state index in [-0.39, 0.29) is 13.1 Å². The summed E-state index contributed by atoms with van der Waals surface area (Å²) in [5.41, 5.74) is 2.82. The quantitative estimate of drug-likeness (QED) is 0.227. The average molecular weight is 588 g/mol. The van der Waals surface area contributed by atoms with Gasteiger partial charge < -0.3 is 19.7 Å². The third kappa shape index (κ3) is 6.34. The number of amides is 2. The fourth-order valence-corrected chi connectivity index (χ4v) is 4.71. The summed E-state index contributed by atoms with van der Waals surface area (Å²) in [6.45, 7) is -0.136. The summed E-state index contributed by atoms with van der Waals surface area (Å²) in [7, 11) is 3.00. The Balaban J connectivity index is 1.56. The van der Waals surface area contributed by atoms with Crippen molar-refractivity contribution in [3.63, 3.8) is 0 Å². The number of carbonyl (C=O) groups excluding carboxylic acids is 2. The Hall–Kier alpha value is -4.96. The van der Waals surface area contributed by atoms with E-state index < -0.39 is 23.7 Å². The van der Waals surface area contributed by atoms with Crippen LogP contribution in [0.25, 0.3) is 11.0 Å². The van der Waals surface area contributed by atoms with Crippen LogP contribution in [0.5, 0.6) is 11.5 Å². The van der Waals surface area contributed by atoms with Gasteiger partial charge in [-0.1, -0.05) is 53.2 Å². The lowest BCUT2D eigenvalue weighted by molar-refractivity contribution is -0.140. The molecule has 0 bridgehead atoms. The maximum Gasteiger partial charge on any atom is 0.251 e. The number of nitrogens with one attached hydrogen (secondary N) is 1. The maximum absolute atomic E-state index is 14.1. The smallest absolute Gasteiger partial charge is 0.251 e. The summed E-state index contributed by atoms with van der Waals surface area (Å²) in [4.78, 5) is 29.6. The lowest BCUT2D eigenvalue weighted by atomic mass is 10.0. The molecule has 4 aromatic carbocycles. The number of rotatable bonds is 10. The van der Waals surface area contributed by atoms with Crippen LogP contribution < -0.4 is 14.8 Å². The number of fused-ring (bicyclic) bond motifs is 1. The van der Waals surface area contributed by atoms with Crippen LogP contribution in [0.2, 0.25) is 5.02 Å². The third-order valence-electron chi connectivity index (χ3n) is 6.70. The second-order valence-corrected chi connectivity index (χ2v) is 9.83. The first-order valence-corrected chi connectivity index (χ1v) is 13.3. The van der Waals surface area contributed by atoms with Crippen molar-refractivity contribution in [3.05, 3.63) is 113 Å². The summed E-state index contributed by atoms with van der Waals surface area (Å²) in [5.74, 6) is -0.508. The molecule has 1 unspecified atom stereocenters. The van der Waals surface area contributed by atoms with Gasteiger partial charge in [0.2, 0.25) is 5.91 Å². The largest absolute Gasteiger partial charge is 0.497 e. The Morgan fingerprint density at radius 2 is 1.71 bits per heavy atom. The number of benzene rings is 4. The van der Waals surface area contributed by atoms with Gasteiger partial charge in [0.05, 0.1) is 25.4 Å². The van der Waals surface area contributed by atoms with Gasteiger partial charge in [-0.15, -0.1) is 5.10 Å². The minimum Gasteiger partial charge on any atom is -0.497 e. The highest BCUT2D eigenvalue weighted by Gasteiger charge is 2.33. The van der Waals surface area contributed by atoms with Crippen molar-refractivity contribution < 1.29 is 23.5 Å². The summed E-state index contributed by atoms with van der Waals surface area (Å²) >= 11 is 6.11. The fraction of sp³-hybridized carbons (Fsp3) is 0.161. The standard InChI is InChI=1S/C31H27ClFN5O4/c1-41-24-15-16-26(28(17-24)42-2)34-31(40)30(21-9-13-23(33)14-10-21)37(18-20-7-11-22(32)12-8-20)29(39)19-38-27-6-4-3-5-25(27)35-36-38/h3-17,30H,18-19H2,1-2H3,(H,34,40). The van der Waals surface area contributed by atoms with Crippen LogP contribution >= 0.6 is 11.6 Å². The number of hydrogen-bond acceptors (Lipinski definition) is 6. The molecule has 42 heavy (non-hydrogen) atoms. The molecule has 0 radical (unpaired) electrons. The van der Waals surface area contributed by atoms with E-state index in [4.69, 9.17) is 21.1 Å². The molecule has 1 aromatic heterocycles. The zero-order valence-corrected chi connectivity index (χ0v) is 23.6. The third-order valence-corrected chi connectivity index (χ3v) is 6.96. The molecule has 9 nitrogen and oxygen atoms in total. The van der Waals surface area contributed by atoms with Gasteiger partial charge in [0, 0.05) is 17.6 Å². The molecular weight excluding hydrogens is 561 g/mol. The Kier molecular flexibility index (Phi) is 8.63. The monoisotopic (exact) mass is 587 g/mol. The van der Waals surface area contributed by atoms with Gasteiger partial charge in [-0.3, -0.25) is 9.59 Å². The maximum atomic E-state index is 14.1. The molecule has 0 aliphatic heterocycles. The van der Waals surface area contributed by atoms with Crippen LogP contribution in [0, 0.1) is 5.82 Å². The van der Waals surface area contributed by atoms with Crippen LogP contribution in [0.4, 0.5) is 10.1 Å². The summed E-state index contributed by atoms with van der Waals surface area (Å²) in [5, 5.41) is 11.7. The van der Waals surface area contributed by atoms with Gasteiger partial charge in [-0.2, -0.15) is 0 Å². The Bertz CT molecular complexity index is 1710. The number of anilines is 1. The summed E-state index contributed by atoms with van der Waals surface area (Å²) in [6, 6.07) is 23.5. The van der Waals surface area contributed by atoms with E-state index >= 15 is 0 Å². The van der Waals surface area contributed by atoms with Gasteiger partial charge in [0.1, 0.15) is 35.4 Å². The molecule has 0 fully saturated rings. The zero-order chi connectivity index (χ0) is 29.6. The number of para-hydroxylation sites is 1. The molecule has 2 amide bonds. The molecule has 1 atom stereocenters. The first-order valence-electron chi connectivity index (χ1n) is 13.0. The van der Waals surface area contributed by atoms with Gasteiger partial charge in [0.15, 0.2) is 0 Å². The van der Waals surface area contributed by atoms with Gasteiger partial charge in [-0.05, 0) is 59.7 Å².